The minimum absolute atomic E-state index is 0.274. The molecule has 0 fully saturated rings. The summed E-state index contributed by atoms with van der Waals surface area (Å²) in [6, 6.07) is 10.1. The van der Waals surface area contributed by atoms with Crippen LogP contribution in [-0.4, -0.2) is 24.6 Å². The van der Waals surface area contributed by atoms with Crippen molar-refractivity contribution < 1.29 is 4.39 Å². The fraction of sp³-hybridized carbons (Fsp3) is 0.0588. The van der Waals surface area contributed by atoms with Crippen LogP contribution in [-0.2, 0) is 0 Å². The van der Waals surface area contributed by atoms with Crippen LogP contribution in [0.5, 0.6) is 0 Å². The zero-order chi connectivity index (χ0) is 15.8. The number of aromatic nitrogens is 5. The summed E-state index contributed by atoms with van der Waals surface area (Å²) in [7, 11) is 0. The largest absolute Gasteiger partial charge is 0.265 e. The van der Waals surface area contributed by atoms with Crippen LogP contribution in [0.15, 0.2) is 55.1 Å². The molecule has 0 aliphatic rings. The fourth-order valence-electron chi connectivity index (χ4n) is 2.66. The van der Waals surface area contributed by atoms with Crippen LogP contribution < -0.4 is 0 Å². The van der Waals surface area contributed by atoms with Crippen molar-refractivity contribution >= 4 is 5.78 Å². The fourth-order valence-corrected chi connectivity index (χ4v) is 2.66. The molecule has 3 heterocycles. The van der Waals surface area contributed by atoms with E-state index in [0.29, 0.717) is 5.78 Å². The lowest BCUT2D eigenvalue weighted by Gasteiger charge is -2.12. The zero-order valence-electron chi connectivity index (χ0n) is 12.3. The third-order valence-corrected chi connectivity index (χ3v) is 3.74. The first kappa shape index (κ1) is 13.5. The highest BCUT2D eigenvalue weighted by Gasteiger charge is 2.16. The van der Waals surface area contributed by atoms with Gasteiger partial charge in [-0.1, -0.05) is 0 Å². The molecule has 0 radical (unpaired) electrons. The Balaban J connectivity index is 2.04. The highest BCUT2D eigenvalue weighted by atomic mass is 19.1. The number of halogens is 1. The number of hydrogen-bond donors (Lipinski definition) is 0. The number of pyridine rings is 1. The minimum Gasteiger partial charge on any atom is -0.265 e. The van der Waals surface area contributed by atoms with Gasteiger partial charge < -0.3 is 0 Å². The van der Waals surface area contributed by atoms with E-state index in [0.717, 1.165) is 28.1 Å². The molecule has 23 heavy (non-hydrogen) atoms. The number of hydrogen-bond acceptors (Lipinski definition) is 4. The first-order valence-corrected chi connectivity index (χ1v) is 7.11. The molecule has 1 aromatic carbocycles. The van der Waals surface area contributed by atoms with E-state index in [-0.39, 0.29) is 5.82 Å². The molecule has 0 saturated carbocycles. The Bertz CT molecular complexity index is 977. The van der Waals surface area contributed by atoms with Gasteiger partial charge in [-0.25, -0.2) is 9.37 Å². The van der Waals surface area contributed by atoms with Crippen molar-refractivity contribution in [2.75, 3.05) is 0 Å². The molecular weight excluding hydrogens is 293 g/mol. The second kappa shape index (κ2) is 5.24. The molecule has 0 spiro atoms. The highest BCUT2D eigenvalue weighted by molar-refractivity contribution is 5.75. The predicted molar refractivity (Wildman–Crippen MR) is 84.1 cm³/mol. The van der Waals surface area contributed by atoms with E-state index in [1.54, 1.807) is 29.0 Å². The number of nitrogens with zero attached hydrogens (tertiary/aromatic N) is 5. The first-order chi connectivity index (χ1) is 11.2. The Morgan fingerprint density at radius 3 is 2.43 bits per heavy atom. The SMILES string of the molecule is Cc1c(-c2ccc(F)cc2)nc2ncnn2c1-c1ccncc1. The van der Waals surface area contributed by atoms with E-state index in [1.165, 1.54) is 18.5 Å². The van der Waals surface area contributed by atoms with Crippen molar-refractivity contribution in [3.63, 3.8) is 0 Å². The molecule has 5 nitrogen and oxygen atoms in total. The summed E-state index contributed by atoms with van der Waals surface area (Å²) in [6.45, 7) is 1.97. The lowest BCUT2D eigenvalue weighted by atomic mass is 10.0. The van der Waals surface area contributed by atoms with Gasteiger partial charge in [0.2, 0.25) is 0 Å². The maximum atomic E-state index is 13.2. The van der Waals surface area contributed by atoms with Crippen molar-refractivity contribution in [1.29, 1.82) is 0 Å². The van der Waals surface area contributed by atoms with Crippen molar-refractivity contribution in [2.45, 2.75) is 6.92 Å². The lowest BCUT2D eigenvalue weighted by Crippen LogP contribution is -2.03. The van der Waals surface area contributed by atoms with Crippen molar-refractivity contribution in [3.8, 4) is 22.5 Å². The van der Waals surface area contributed by atoms with Crippen molar-refractivity contribution in [3.05, 3.63) is 66.5 Å². The Labute approximate surface area is 131 Å². The summed E-state index contributed by atoms with van der Waals surface area (Å²) in [6.07, 6.45) is 4.94. The van der Waals surface area contributed by atoms with Gasteiger partial charge in [0, 0.05) is 29.1 Å². The molecule has 6 heteroatoms. The van der Waals surface area contributed by atoms with Crippen LogP contribution in [0.2, 0.25) is 0 Å². The monoisotopic (exact) mass is 305 g/mol. The second-order valence-electron chi connectivity index (χ2n) is 5.15. The van der Waals surface area contributed by atoms with Crippen LogP contribution in [0.1, 0.15) is 5.56 Å². The molecule has 0 saturated heterocycles. The number of fused-ring (bicyclic) bond motifs is 1. The average Bonchev–Trinajstić information content (AvgIpc) is 3.04. The number of benzene rings is 1. The maximum absolute atomic E-state index is 13.2. The summed E-state index contributed by atoms with van der Waals surface area (Å²) in [4.78, 5) is 12.8. The minimum atomic E-state index is -0.274. The van der Waals surface area contributed by atoms with Gasteiger partial charge in [0.1, 0.15) is 12.1 Å². The molecular formula is C17H12FN5. The molecule has 0 amide bonds. The van der Waals surface area contributed by atoms with Gasteiger partial charge in [-0.3, -0.25) is 4.98 Å². The third-order valence-electron chi connectivity index (χ3n) is 3.74. The first-order valence-electron chi connectivity index (χ1n) is 7.11. The summed E-state index contributed by atoms with van der Waals surface area (Å²) in [5, 5.41) is 4.27. The van der Waals surface area contributed by atoms with Gasteiger partial charge in [0.25, 0.3) is 5.78 Å². The van der Waals surface area contributed by atoms with Gasteiger partial charge in [0.15, 0.2) is 0 Å². The Morgan fingerprint density at radius 2 is 1.70 bits per heavy atom. The zero-order valence-corrected chi connectivity index (χ0v) is 12.3. The standard InChI is InChI=1S/C17H12FN5/c1-11-15(12-2-4-14(18)5-3-12)22-17-20-10-21-23(17)16(11)13-6-8-19-9-7-13/h2-10H,1H3. The van der Waals surface area contributed by atoms with Gasteiger partial charge in [0.05, 0.1) is 11.4 Å². The molecule has 0 unspecified atom stereocenters. The van der Waals surface area contributed by atoms with Gasteiger partial charge in [-0.2, -0.15) is 14.6 Å². The topological polar surface area (TPSA) is 56.0 Å². The molecule has 0 aliphatic carbocycles. The maximum Gasteiger partial charge on any atom is 0.253 e. The molecule has 0 N–H and O–H groups in total. The molecule has 3 aromatic heterocycles. The second-order valence-corrected chi connectivity index (χ2v) is 5.15. The van der Waals surface area contributed by atoms with Crippen LogP contribution in [0.25, 0.3) is 28.3 Å². The quantitative estimate of drug-likeness (QED) is 0.570. The number of rotatable bonds is 2. The normalized spacial score (nSPS) is 11.0. The smallest absolute Gasteiger partial charge is 0.253 e. The molecule has 4 rings (SSSR count). The van der Waals surface area contributed by atoms with E-state index in [1.807, 2.05) is 19.1 Å². The van der Waals surface area contributed by atoms with Gasteiger partial charge in [-0.15, -0.1) is 0 Å². The predicted octanol–water partition coefficient (Wildman–Crippen LogP) is 3.30. The molecule has 0 atom stereocenters. The van der Waals surface area contributed by atoms with Crippen LogP contribution in [0.4, 0.5) is 4.39 Å². The molecule has 0 aliphatic heterocycles. The van der Waals surface area contributed by atoms with Crippen LogP contribution in [0, 0.1) is 12.7 Å². The summed E-state index contributed by atoms with van der Waals surface area (Å²) < 4.78 is 14.9. The third kappa shape index (κ3) is 2.24. The molecule has 4 aromatic rings. The van der Waals surface area contributed by atoms with E-state index >= 15 is 0 Å². The summed E-state index contributed by atoms with van der Waals surface area (Å²) in [5.41, 5.74) is 4.41. The van der Waals surface area contributed by atoms with Crippen LogP contribution in [0.3, 0.4) is 0 Å². The Morgan fingerprint density at radius 1 is 0.957 bits per heavy atom. The lowest BCUT2D eigenvalue weighted by molar-refractivity contribution is 0.628. The average molecular weight is 305 g/mol. The van der Waals surface area contributed by atoms with Gasteiger partial charge >= 0.3 is 0 Å². The van der Waals surface area contributed by atoms with E-state index in [2.05, 4.69) is 20.1 Å². The van der Waals surface area contributed by atoms with E-state index < -0.39 is 0 Å². The summed E-state index contributed by atoms with van der Waals surface area (Å²) in [5.74, 6) is 0.228. The van der Waals surface area contributed by atoms with Crippen molar-refractivity contribution in [2.24, 2.45) is 0 Å². The van der Waals surface area contributed by atoms with Crippen LogP contribution >= 0.6 is 0 Å². The Hall–Kier alpha value is -3.15. The summed E-state index contributed by atoms with van der Waals surface area (Å²) >= 11 is 0. The highest BCUT2D eigenvalue weighted by Crippen LogP contribution is 2.30. The van der Waals surface area contributed by atoms with Gasteiger partial charge in [-0.05, 0) is 43.3 Å². The van der Waals surface area contributed by atoms with Crippen molar-refractivity contribution in [1.82, 2.24) is 24.6 Å². The van der Waals surface area contributed by atoms with E-state index in [9.17, 15) is 4.39 Å². The molecule has 112 valence electrons. The van der Waals surface area contributed by atoms with E-state index in [4.69, 9.17) is 0 Å². The Kier molecular flexibility index (Phi) is 3.08. The molecule has 0 bridgehead atoms.